The average Bonchev–Trinajstić information content (AvgIpc) is 2.75. The highest BCUT2D eigenvalue weighted by atomic mass is 16.7. The van der Waals surface area contributed by atoms with Crippen LogP contribution in [0.2, 0.25) is 0 Å². The Kier molecular flexibility index (Phi) is 11.5. The lowest BCUT2D eigenvalue weighted by Gasteiger charge is -2.53. The van der Waals surface area contributed by atoms with E-state index in [-0.39, 0.29) is 46.6 Å². The van der Waals surface area contributed by atoms with Crippen LogP contribution in [0.1, 0.15) is 132 Å². The maximum absolute atomic E-state index is 12.5. The van der Waals surface area contributed by atoms with Gasteiger partial charge in [0.15, 0.2) is 6.29 Å². The molecule has 0 radical (unpaired) electrons. The lowest BCUT2D eigenvalue weighted by Crippen LogP contribution is -2.60. The first-order valence-corrected chi connectivity index (χ1v) is 14.9. The smallest absolute Gasteiger partial charge is 0.306 e. The Labute approximate surface area is 229 Å². The van der Waals surface area contributed by atoms with Gasteiger partial charge in [0.1, 0.15) is 6.10 Å². The number of carbonyl (C=O) groups is 1. The highest BCUT2D eigenvalue weighted by Gasteiger charge is 2.45. The van der Waals surface area contributed by atoms with Crippen LogP contribution in [0.25, 0.3) is 0 Å². The molecule has 1 atom stereocenters. The van der Waals surface area contributed by atoms with Crippen molar-refractivity contribution in [3.05, 3.63) is 0 Å². The molecule has 218 valence electrons. The number of rotatable bonds is 13. The van der Waals surface area contributed by atoms with E-state index in [1.807, 2.05) is 0 Å². The fourth-order valence-corrected chi connectivity index (χ4v) is 6.73. The van der Waals surface area contributed by atoms with E-state index in [0.717, 1.165) is 57.8 Å². The molecule has 2 saturated heterocycles. The molecule has 6 heteroatoms. The number of carbonyl (C=O) groups excluding carboxylic acids is 1. The summed E-state index contributed by atoms with van der Waals surface area (Å²) in [6.45, 7) is 18.2. The van der Waals surface area contributed by atoms with Gasteiger partial charge >= 0.3 is 5.97 Å². The number of ether oxygens (including phenoxy) is 3. The maximum Gasteiger partial charge on any atom is 0.306 e. The first kappa shape index (κ1) is 32.5. The summed E-state index contributed by atoms with van der Waals surface area (Å²) in [7, 11) is 6.17. The molecule has 0 amide bonds. The third-order valence-electron chi connectivity index (χ3n) is 9.52. The molecular weight excluding hydrogens is 464 g/mol. The molecule has 0 spiro atoms. The first-order chi connectivity index (χ1) is 17.0. The van der Waals surface area contributed by atoms with Gasteiger partial charge < -0.3 is 14.2 Å². The van der Waals surface area contributed by atoms with Crippen molar-refractivity contribution in [1.82, 2.24) is 9.80 Å². The lowest BCUT2D eigenvalue weighted by atomic mass is 9.78. The Morgan fingerprint density at radius 2 is 1.11 bits per heavy atom. The van der Waals surface area contributed by atoms with Gasteiger partial charge in [-0.25, -0.2) is 0 Å². The predicted molar refractivity (Wildman–Crippen MR) is 153 cm³/mol. The maximum atomic E-state index is 12.5. The van der Waals surface area contributed by atoms with E-state index in [4.69, 9.17) is 14.2 Å². The molecule has 37 heavy (non-hydrogen) atoms. The van der Waals surface area contributed by atoms with E-state index in [0.29, 0.717) is 6.42 Å². The van der Waals surface area contributed by atoms with Crippen LogP contribution in [0.5, 0.6) is 0 Å². The molecule has 2 fully saturated rings. The zero-order chi connectivity index (χ0) is 28.1. The molecule has 2 aliphatic rings. The third kappa shape index (κ3) is 9.47. The van der Waals surface area contributed by atoms with Gasteiger partial charge in [-0.3, -0.25) is 14.6 Å². The Bertz CT molecular complexity index is 682. The van der Waals surface area contributed by atoms with Crippen LogP contribution in [0, 0.1) is 0 Å². The highest BCUT2D eigenvalue weighted by molar-refractivity contribution is 5.69. The van der Waals surface area contributed by atoms with Crippen molar-refractivity contribution in [2.75, 3.05) is 21.2 Å². The molecule has 6 nitrogen and oxygen atoms in total. The van der Waals surface area contributed by atoms with Gasteiger partial charge in [-0.05, 0) is 102 Å². The minimum absolute atomic E-state index is 0.0244. The van der Waals surface area contributed by atoms with Crippen molar-refractivity contribution in [1.29, 1.82) is 0 Å². The number of unbranched alkanes of at least 4 members (excludes halogenated alkanes) is 5. The van der Waals surface area contributed by atoms with E-state index in [1.54, 1.807) is 7.11 Å². The molecule has 0 saturated carbocycles. The number of hydrogen-bond acceptors (Lipinski definition) is 6. The van der Waals surface area contributed by atoms with Gasteiger partial charge in [0.2, 0.25) is 0 Å². The molecule has 0 aromatic carbocycles. The molecule has 0 bridgehead atoms. The van der Waals surface area contributed by atoms with Crippen LogP contribution in [-0.4, -0.2) is 77.6 Å². The normalized spacial score (nSPS) is 25.2. The summed E-state index contributed by atoms with van der Waals surface area (Å²) in [6, 6.07) is 0. The number of piperidine rings is 2. The molecule has 2 heterocycles. The zero-order valence-corrected chi connectivity index (χ0v) is 26.2. The van der Waals surface area contributed by atoms with Crippen molar-refractivity contribution < 1.29 is 19.0 Å². The molecule has 0 aliphatic carbocycles. The van der Waals surface area contributed by atoms with Crippen molar-refractivity contribution >= 4 is 5.97 Å². The predicted octanol–water partition coefficient (Wildman–Crippen LogP) is 6.94. The standard InChI is InChI=1S/C31H60N2O4/c1-28(2)20-24(21-29(3,4)32(28)9)36-26(34)18-16-14-12-13-15-17-19-27(35-11)37-25-22-30(5,6)33(10)31(7,8)23-25/h24-25,27H,12-23H2,1-11H3. The summed E-state index contributed by atoms with van der Waals surface area (Å²) in [5, 5.41) is 0. The van der Waals surface area contributed by atoms with E-state index in [1.165, 1.54) is 12.8 Å². The highest BCUT2D eigenvalue weighted by Crippen LogP contribution is 2.39. The van der Waals surface area contributed by atoms with Crippen LogP contribution >= 0.6 is 0 Å². The summed E-state index contributed by atoms with van der Waals surface area (Å²) in [4.78, 5) is 17.4. The molecule has 0 aromatic heterocycles. The molecular formula is C31H60N2O4. The van der Waals surface area contributed by atoms with Gasteiger partial charge in [-0.2, -0.15) is 0 Å². The second kappa shape index (κ2) is 13.1. The Morgan fingerprint density at radius 3 is 1.57 bits per heavy atom. The van der Waals surface area contributed by atoms with Gasteiger partial charge in [0.25, 0.3) is 0 Å². The van der Waals surface area contributed by atoms with E-state index >= 15 is 0 Å². The van der Waals surface area contributed by atoms with E-state index in [2.05, 4.69) is 79.3 Å². The topological polar surface area (TPSA) is 51.2 Å². The van der Waals surface area contributed by atoms with E-state index in [9.17, 15) is 4.79 Å². The minimum Gasteiger partial charge on any atom is -0.462 e. The number of nitrogens with zero attached hydrogens (tertiary/aromatic N) is 2. The van der Waals surface area contributed by atoms with Crippen LogP contribution < -0.4 is 0 Å². The van der Waals surface area contributed by atoms with Crippen molar-refractivity contribution in [2.45, 2.75) is 173 Å². The summed E-state index contributed by atoms with van der Waals surface area (Å²) < 4.78 is 18.0. The van der Waals surface area contributed by atoms with Gasteiger partial charge in [-0.1, -0.05) is 25.7 Å². The minimum atomic E-state index is -0.121. The monoisotopic (exact) mass is 524 g/mol. The quantitative estimate of drug-likeness (QED) is 0.148. The van der Waals surface area contributed by atoms with Gasteiger partial charge in [-0.15, -0.1) is 0 Å². The van der Waals surface area contributed by atoms with Gasteiger partial charge in [0, 0.05) is 48.5 Å². The second-order valence-corrected chi connectivity index (χ2v) is 14.4. The van der Waals surface area contributed by atoms with E-state index < -0.39 is 0 Å². The number of esters is 1. The number of hydrogen-bond donors (Lipinski definition) is 0. The molecule has 0 N–H and O–H groups in total. The molecule has 2 rings (SSSR count). The Hall–Kier alpha value is -0.690. The summed E-state index contributed by atoms with van der Waals surface area (Å²) in [5.41, 5.74) is 0.328. The van der Waals surface area contributed by atoms with Crippen molar-refractivity contribution in [3.8, 4) is 0 Å². The second-order valence-electron chi connectivity index (χ2n) is 14.4. The van der Waals surface area contributed by atoms with Crippen LogP contribution in [0.4, 0.5) is 0 Å². The summed E-state index contributed by atoms with van der Waals surface area (Å²) >= 11 is 0. The molecule has 0 aromatic rings. The largest absolute Gasteiger partial charge is 0.462 e. The zero-order valence-electron chi connectivity index (χ0n) is 26.2. The van der Waals surface area contributed by atoms with Crippen LogP contribution in [0.15, 0.2) is 0 Å². The summed E-state index contributed by atoms with van der Waals surface area (Å²) in [5.74, 6) is -0.0264. The lowest BCUT2D eigenvalue weighted by molar-refractivity contribution is -0.192. The van der Waals surface area contributed by atoms with Crippen molar-refractivity contribution in [3.63, 3.8) is 0 Å². The Morgan fingerprint density at radius 1 is 0.703 bits per heavy atom. The fourth-order valence-electron chi connectivity index (χ4n) is 6.73. The Balaban J connectivity index is 1.58. The number of likely N-dealkylation sites (tertiary alicyclic amines) is 2. The molecule has 1 unspecified atom stereocenters. The average molecular weight is 525 g/mol. The first-order valence-electron chi connectivity index (χ1n) is 14.9. The van der Waals surface area contributed by atoms with Gasteiger partial charge in [0.05, 0.1) is 6.10 Å². The fraction of sp³-hybridized carbons (Fsp3) is 0.968. The number of methoxy groups -OCH3 is 1. The summed E-state index contributed by atoms with van der Waals surface area (Å²) in [6.07, 6.45) is 12.1. The SMILES string of the molecule is COC(CCCCCCCCC(=O)OC1CC(C)(C)N(C)C(C)(C)C1)OC1CC(C)(C)N(C)C(C)(C)C1. The molecule has 2 aliphatic heterocycles. The van der Waals surface area contributed by atoms with Crippen LogP contribution in [-0.2, 0) is 19.0 Å². The van der Waals surface area contributed by atoms with Crippen LogP contribution in [0.3, 0.4) is 0 Å². The third-order valence-corrected chi connectivity index (χ3v) is 9.52. The van der Waals surface area contributed by atoms with Crippen molar-refractivity contribution in [2.24, 2.45) is 0 Å².